The minimum Gasteiger partial charge on any atom is -0.423 e. The van der Waals surface area contributed by atoms with Crippen molar-refractivity contribution in [3.63, 3.8) is 0 Å². The lowest BCUT2D eigenvalue weighted by atomic mass is 9.75. The zero-order valence-corrected chi connectivity index (χ0v) is 9.16. The van der Waals surface area contributed by atoms with Crippen LogP contribution in [0, 0.1) is 0 Å². The van der Waals surface area contributed by atoms with Gasteiger partial charge in [0, 0.05) is 4.48 Å². The quantitative estimate of drug-likeness (QED) is 0.798. The molecule has 2 nitrogen and oxygen atoms in total. The number of hydrogen-bond acceptors (Lipinski definition) is 2. The first-order chi connectivity index (χ1) is 6.57. The van der Waals surface area contributed by atoms with Crippen LogP contribution in [0.4, 0.5) is 0 Å². The number of rotatable bonds is 3. The average Bonchev–Trinajstić information content (AvgIpc) is 2.16. The van der Waals surface area contributed by atoms with Gasteiger partial charge in [0.2, 0.25) is 0 Å². The molecular formula is C10H10BBrO2. The molecule has 0 atom stereocenters. The Morgan fingerprint density at radius 3 is 2.50 bits per heavy atom. The molecule has 0 aliphatic rings. The van der Waals surface area contributed by atoms with E-state index in [4.69, 9.17) is 10.0 Å². The van der Waals surface area contributed by atoms with Gasteiger partial charge in [0.25, 0.3) is 0 Å². The second kappa shape index (κ2) is 4.60. The summed E-state index contributed by atoms with van der Waals surface area (Å²) in [5.41, 5.74) is 1.92. The Bertz CT molecular complexity index is 374. The van der Waals surface area contributed by atoms with E-state index in [1.165, 1.54) is 0 Å². The van der Waals surface area contributed by atoms with Crippen molar-refractivity contribution in [2.24, 2.45) is 0 Å². The fraction of sp³-hybridized carbons (Fsp3) is 0. The lowest BCUT2D eigenvalue weighted by Gasteiger charge is -2.09. The smallest absolute Gasteiger partial charge is 0.423 e. The summed E-state index contributed by atoms with van der Waals surface area (Å²) >= 11 is 3.25. The van der Waals surface area contributed by atoms with Gasteiger partial charge in [-0.25, -0.2) is 0 Å². The third kappa shape index (κ3) is 2.15. The fourth-order valence-electron chi connectivity index (χ4n) is 1.27. The van der Waals surface area contributed by atoms with Crippen molar-refractivity contribution in [1.29, 1.82) is 0 Å². The Morgan fingerprint density at radius 2 is 2.07 bits per heavy atom. The van der Waals surface area contributed by atoms with Crippen LogP contribution in [0.15, 0.2) is 31.4 Å². The van der Waals surface area contributed by atoms with E-state index in [0.29, 0.717) is 15.5 Å². The van der Waals surface area contributed by atoms with Crippen molar-refractivity contribution in [2.75, 3.05) is 0 Å². The number of hydrogen-bond donors (Lipinski definition) is 2. The molecule has 4 heteroatoms. The third-order valence-corrected chi connectivity index (χ3v) is 2.34. The van der Waals surface area contributed by atoms with Crippen LogP contribution in [0.3, 0.4) is 0 Å². The summed E-state index contributed by atoms with van der Waals surface area (Å²) in [4.78, 5) is 0. The molecule has 0 aliphatic heterocycles. The molecule has 72 valence electrons. The van der Waals surface area contributed by atoms with E-state index in [-0.39, 0.29) is 0 Å². The summed E-state index contributed by atoms with van der Waals surface area (Å²) in [5, 5.41) is 18.2. The normalized spacial score (nSPS) is 9.64. The van der Waals surface area contributed by atoms with E-state index in [0.717, 1.165) is 5.56 Å². The van der Waals surface area contributed by atoms with Gasteiger partial charge in [0.15, 0.2) is 0 Å². The summed E-state index contributed by atoms with van der Waals surface area (Å²) in [6.07, 6.45) is 1.58. The number of halogens is 1. The van der Waals surface area contributed by atoms with Gasteiger partial charge in [-0.15, -0.1) is 0 Å². The Labute approximate surface area is 91.9 Å². The van der Waals surface area contributed by atoms with E-state index >= 15 is 0 Å². The van der Waals surface area contributed by atoms with Crippen molar-refractivity contribution >= 4 is 39.1 Å². The van der Waals surface area contributed by atoms with Crippen LogP contribution in [0.1, 0.15) is 11.1 Å². The van der Waals surface area contributed by atoms with Crippen LogP contribution in [-0.4, -0.2) is 17.2 Å². The average molecular weight is 253 g/mol. The molecule has 14 heavy (non-hydrogen) atoms. The van der Waals surface area contributed by atoms with Crippen molar-refractivity contribution in [3.8, 4) is 0 Å². The predicted octanol–water partition coefficient (Wildman–Crippen LogP) is 1.38. The minimum absolute atomic E-state index is 0.429. The van der Waals surface area contributed by atoms with Crippen LogP contribution < -0.4 is 5.46 Å². The van der Waals surface area contributed by atoms with Gasteiger partial charge in [-0.1, -0.05) is 53.4 Å². The molecular weight excluding hydrogens is 243 g/mol. The highest BCUT2D eigenvalue weighted by atomic mass is 79.9. The number of benzene rings is 1. The summed E-state index contributed by atoms with van der Waals surface area (Å²) in [6.45, 7) is 7.37. The van der Waals surface area contributed by atoms with Gasteiger partial charge in [0.1, 0.15) is 0 Å². The standard InChI is InChI=1S/C10H10BBrO2/c1-3-8-9(7(2)12)5-4-6-10(8)11(13)14/h3-6,13-14H,1-2H2. The van der Waals surface area contributed by atoms with Crippen LogP contribution >= 0.6 is 15.9 Å². The van der Waals surface area contributed by atoms with Crippen LogP contribution in [0.5, 0.6) is 0 Å². The Balaban J connectivity index is 3.39. The monoisotopic (exact) mass is 252 g/mol. The lowest BCUT2D eigenvalue weighted by molar-refractivity contribution is 0.425. The predicted molar refractivity (Wildman–Crippen MR) is 64.3 cm³/mol. The van der Waals surface area contributed by atoms with Crippen molar-refractivity contribution in [3.05, 3.63) is 42.5 Å². The van der Waals surface area contributed by atoms with Gasteiger partial charge in [-0.2, -0.15) is 0 Å². The summed E-state index contributed by atoms with van der Waals surface area (Å²) in [7, 11) is -1.49. The Kier molecular flexibility index (Phi) is 3.69. The Hall–Kier alpha value is -0.835. The van der Waals surface area contributed by atoms with Crippen LogP contribution in [-0.2, 0) is 0 Å². The molecule has 2 N–H and O–H groups in total. The van der Waals surface area contributed by atoms with Crippen molar-refractivity contribution in [2.45, 2.75) is 0 Å². The summed E-state index contributed by atoms with van der Waals surface area (Å²) < 4.78 is 0.690. The van der Waals surface area contributed by atoms with E-state index in [2.05, 4.69) is 29.1 Å². The molecule has 0 fully saturated rings. The van der Waals surface area contributed by atoms with E-state index in [9.17, 15) is 0 Å². The summed E-state index contributed by atoms with van der Waals surface area (Å²) in [6, 6.07) is 5.21. The molecule has 0 aromatic heterocycles. The van der Waals surface area contributed by atoms with E-state index in [1.54, 1.807) is 18.2 Å². The van der Waals surface area contributed by atoms with Gasteiger partial charge in [-0.3, -0.25) is 0 Å². The maximum Gasteiger partial charge on any atom is 0.489 e. The molecule has 0 aliphatic carbocycles. The first kappa shape index (κ1) is 11.2. The Morgan fingerprint density at radius 1 is 1.43 bits per heavy atom. The van der Waals surface area contributed by atoms with Gasteiger partial charge in [0.05, 0.1) is 0 Å². The second-order valence-corrected chi connectivity index (χ2v) is 3.75. The highest BCUT2D eigenvalue weighted by molar-refractivity contribution is 9.15. The molecule has 0 amide bonds. The van der Waals surface area contributed by atoms with Crippen molar-refractivity contribution in [1.82, 2.24) is 0 Å². The molecule has 0 spiro atoms. The molecule has 0 radical (unpaired) electrons. The molecule has 0 bridgehead atoms. The molecule has 1 rings (SSSR count). The molecule has 0 saturated heterocycles. The second-order valence-electron chi connectivity index (χ2n) is 2.79. The van der Waals surface area contributed by atoms with E-state index < -0.39 is 7.12 Å². The van der Waals surface area contributed by atoms with Gasteiger partial charge >= 0.3 is 7.12 Å². The zero-order chi connectivity index (χ0) is 10.7. The summed E-state index contributed by atoms with van der Waals surface area (Å²) in [5.74, 6) is 0. The molecule has 1 aromatic rings. The first-order valence-corrected chi connectivity index (χ1v) is 4.83. The minimum atomic E-state index is -1.49. The fourth-order valence-corrected chi connectivity index (χ4v) is 1.62. The highest BCUT2D eigenvalue weighted by Gasteiger charge is 2.16. The van der Waals surface area contributed by atoms with E-state index in [1.807, 2.05) is 6.07 Å². The lowest BCUT2D eigenvalue weighted by Crippen LogP contribution is -2.32. The zero-order valence-electron chi connectivity index (χ0n) is 7.57. The highest BCUT2D eigenvalue weighted by Crippen LogP contribution is 2.22. The van der Waals surface area contributed by atoms with Crippen molar-refractivity contribution < 1.29 is 10.0 Å². The molecule has 1 aromatic carbocycles. The molecule has 0 saturated carbocycles. The van der Waals surface area contributed by atoms with Crippen LogP contribution in [0.25, 0.3) is 10.6 Å². The van der Waals surface area contributed by atoms with Gasteiger partial charge < -0.3 is 10.0 Å². The topological polar surface area (TPSA) is 40.5 Å². The molecule has 0 heterocycles. The maximum absolute atomic E-state index is 9.10. The largest absolute Gasteiger partial charge is 0.489 e. The SMILES string of the molecule is C=Cc1c(B(O)O)cccc1C(=C)Br. The molecule has 0 unspecified atom stereocenters. The first-order valence-electron chi connectivity index (χ1n) is 4.04. The van der Waals surface area contributed by atoms with Crippen LogP contribution in [0.2, 0.25) is 0 Å². The van der Waals surface area contributed by atoms with Gasteiger partial charge in [-0.05, 0) is 16.6 Å². The maximum atomic E-state index is 9.10. The third-order valence-electron chi connectivity index (χ3n) is 1.91.